The maximum Gasteiger partial charge on any atom is 0.252 e. The minimum absolute atomic E-state index is 0.00306. The Bertz CT molecular complexity index is 612. The van der Waals surface area contributed by atoms with E-state index < -0.39 is 0 Å². The number of rotatable bonds is 5. The van der Waals surface area contributed by atoms with Gasteiger partial charge in [0.2, 0.25) is 0 Å². The first-order chi connectivity index (χ1) is 10.1. The SMILES string of the molecule is CC(CCc1ccc(Br)cc1)NC(=O)c1ccccc1I. The van der Waals surface area contributed by atoms with Crippen LogP contribution < -0.4 is 5.32 Å². The first kappa shape index (κ1) is 16.5. The molecule has 2 rings (SSSR count). The number of hydrogen-bond donors (Lipinski definition) is 1. The fourth-order valence-electron chi connectivity index (χ4n) is 2.05. The second kappa shape index (κ2) is 7.94. The van der Waals surface area contributed by atoms with Crippen molar-refractivity contribution in [1.82, 2.24) is 5.32 Å². The standard InChI is InChI=1S/C17H17BrINO/c1-12(6-7-13-8-10-14(18)11-9-13)20-17(21)15-4-2-3-5-16(15)19/h2-5,8-12H,6-7H2,1H3,(H,20,21). The van der Waals surface area contributed by atoms with E-state index in [0.29, 0.717) is 0 Å². The zero-order chi connectivity index (χ0) is 15.2. The number of aryl methyl sites for hydroxylation is 1. The molecule has 1 N–H and O–H groups in total. The molecule has 4 heteroatoms. The molecule has 0 saturated heterocycles. The number of benzene rings is 2. The molecule has 0 aliphatic heterocycles. The molecule has 1 atom stereocenters. The van der Waals surface area contributed by atoms with Gasteiger partial charge in [-0.15, -0.1) is 0 Å². The van der Waals surface area contributed by atoms with E-state index in [0.717, 1.165) is 26.4 Å². The molecule has 2 nitrogen and oxygen atoms in total. The highest BCUT2D eigenvalue weighted by atomic mass is 127. The van der Waals surface area contributed by atoms with Crippen LogP contribution in [0.5, 0.6) is 0 Å². The van der Waals surface area contributed by atoms with Crippen LogP contribution in [-0.2, 0) is 6.42 Å². The van der Waals surface area contributed by atoms with E-state index in [2.05, 4.69) is 56.0 Å². The van der Waals surface area contributed by atoms with Crippen molar-refractivity contribution >= 4 is 44.4 Å². The highest BCUT2D eigenvalue weighted by molar-refractivity contribution is 14.1. The molecular formula is C17H17BrINO. The summed E-state index contributed by atoms with van der Waals surface area (Å²) in [5.41, 5.74) is 2.03. The topological polar surface area (TPSA) is 29.1 Å². The Morgan fingerprint density at radius 1 is 1.19 bits per heavy atom. The first-order valence-electron chi connectivity index (χ1n) is 6.86. The fourth-order valence-corrected chi connectivity index (χ4v) is 2.95. The van der Waals surface area contributed by atoms with Crippen molar-refractivity contribution in [3.63, 3.8) is 0 Å². The highest BCUT2D eigenvalue weighted by Crippen LogP contribution is 2.14. The molecule has 1 amide bonds. The summed E-state index contributed by atoms with van der Waals surface area (Å²) in [6, 6.07) is 16.1. The first-order valence-corrected chi connectivity index (χ1v) is 8.73. The number of amides is 1. The molecule has 2 aromatic rings. The van der Waals surface area contributed by atoms with Gasteiger partial charge < -0.3 is 5.32 Å². The third-order valence-corrected chi connectivity index (χ3v) is 4.74. The molecule has 1 unspecified atom stereocenters. The lowest BCUT2D eigenvalue weighted by molar-refractivity contribution is 0.0937. The maximum absolute atomic E-state index is 12.2. The summed E-state index contributed by atoms with van der Waals surface area (Å²) in [5.74, 6) is 0.00306. The summed E-state index contributed by atoms with van der Waals surface area (Å²) < 4.78 is 2.07. The van der Waals surface area contributed by atoms with Crippen LogP contribution in [0.15, 0.2) is 53.0 Å². The Hall–Kier alpha value is -0.880. The molecule has 2 aromatic carbocycles. The van der Waals surface area contributed by atoms with Gasteiger partial charge >= 0.3 is 0 Å². The van der Waals surface area contributed by atoms with Crippen molar-refractivity contribution < 1.29 is 4.79 Å². The van der Waals surface area contributed by atoms with E-state index in [1.165, 1.54) is 5.56 Å². The summed E-state index contributed by atoms with van der Waals surface area (Å²) in [6.07, 6.45) is 1.89. The minimum Gasteiger partial charge on any atom is -0.350 e. The number of nitrogens with one attached hydrogen (secondary N) is 1. The minimum atomic E-state index is 0.00306. The Kier molecular flexibility index (Phi) is 6.23. The summed E-state index contributed by atoms with van der Waals surface area (Å²) in [7, 11) is 0. The Balaban J connectivity index is 1.87. The molecule has 0 bridgehead atoms. The zero-order valence-corrected chi connectivity index (χ0v) is 15.5. The molecule has 0 aromatic heterocycles. The number of halogens is 2. The molecule has 0 heterocycles. The molecular weight excluding hydrogens is 441 g/mol. The smallest absolute Gasteiger partial charge is 0.252 e. The van der Waals surface area contributed by atoms with Crippen LogP contribution >= 0.6 is 38.5 Å². The van der Waals surface area contributed by atoms with Gasteiger partial charge in [0, 0.05) is 14.1 Å². The average molecular weight is 458 g/mol. The van der Waals surface area contributed by atoms with E-state index in [9.17, 15) is 4.79 Å². The van der Waals surface area contributed by atoms with Gasteiger partial charge in [-0.25, -0.2) is 0 Å². The van der Waals surface area contributed by atoms with Gasteiger partial charge in [0.1, 0.15) is 0 Å². The lowest BCUT2D eigenvalue weighted by Gasteiger charge is -2.14. The van der Waals surface area contributed by atoms with Gasteiger partial charge in [-0.1, -0.05) is 40.2 Å². The van der Waals surface area contributed by atoms with Gasteiger partial charge in [-0.3, -0.25) is 4.79 Å². The van der Waals surface area contributed by atoms with E-state index in [1.807, 2.05) is 43.3 Å². The summed E-state index contributed by atoms with van der Waals surface area (Å²) in [5, 5.41) is 3.07. The van der Waals surface area contributed by atoms with Crippen molar-refractivity contribution in [3.8, 4) is 0 Å². The van der Waals surface area contributed by atoms with Crippen LogP contribution in [0, 0.1) is 3.57 Å². The normalized spacial score (nSPS) is 12.0. The fraction of sp³-hybridized carbons (Fsp3) is 0.235. The second-order valence-corrected chi connectivity index (χ2v) is 7.10. The van der Waals surface area contributed by atoms with E-state index in [4.69, 9.17) is 0 Å². The van der Waals surface area contributed by atoms with Crippen molar-refractivity contribution in [3.05, 3.63) is 67.7 Å². The van der Waals surface area contributed by atoms with Crippen molar-refractivity contribution in [1.29, 1.82) is 0 Å². The lowest BCUT2D eigenvalue weighted by Crippen LogP contribution is -2.33. The summed E-state index contributed by atoms with van der Waals surface area (Å²) in [6.45, 7) is 2.05. The lowest BCUT2D eigenvalue weighted by atomic mass is 10.1. The molecule has 0 saturated carbocycles. The molecule has 0 aliphatic carbocycles. The zero-order valence-electron chi connectivity index (χ0n) is 11.8. The number of carbonyl (C=O) groups excluding carboxylic acids is 1. The van der Waals surface area contributed by atoms with Crippen LogP contribution in [0.2, 0.25) is 0 Å². The van der Waals surface area contributed by atoms with E-state index in [-0.39, 0.29) is 11.9 Å². The number of carbonyl (C=O) groups is 1. The maximum atomic E-state index is 12.2. The van der Waals surface area contributed by atoms with Crippen molar-refractivity contribution in [2.24, 2.45) is 0 Å². The van der Waals surface area contributed by atoms with E-state index in [1.54, 1.807) is 0 Å². The average Bonchev–Trinajstić information content (AvgIpc) is 2.47. The molecule has 21 heavy (non-hydrogen) atoms. The third-order valence-electron chi connectivity index (χ3n) is 3.28. The summed E-state index contributed by atoms with van der Waals surface area (Å²) >= 11 is 5.62. The van der Waals surface area contributed by atoms with Crippen molar-refractivity contribution in [2.75, 3.05) is 0 Å². The molecule has 0 aliphatic rings. The van der Waals surface area contributed by atoms with Gasteiger partial charge in [-0.05, 0) is 72.2 Å². The van der Waals surface area contributed by atoms with Crippen LogP contribution in [0.1, 0.15) is 29.3 Å². The van der Waals surface area contributed by atoms with Crippen LogP contribution in [-0.4, -0.2) is 11.9 Å². The predicted octanol–water partition coefficient (Wildman–Crippen LogP) is 4.80. The van der Waals surface area contributed by atoms with Crippen LogP contribution in [0.4, 0.5) is 0 Å². The molecule has 0 spiro atoms. The van der Waals surface area contributed by atoms with Gasteiger partial charge in [0.15, 0.2) is 0 Å². The van der Waals surface area contributed by atoms with Gasteiger partial charge in [-0.2, -0.15) is 0 Å². The largest absolute Gasteiger partial charge is 0.350 e. The van der Waals surface area contributed by atoms with Gasteiger partial charge in [0.05, 0.1) is 5.56 Å². The van der Waals surface area contributed by atoms with E-state index >= 15 is 0 Å². The third kappa shape index (κ3) is 5.11. The quantitative estimate of drug-likeness (QED) is 0.641. The van der Waals surface area contributed by atoms with Crippen LogP contribution in [0.3, 0.4) is 0 Å². The van der Waals surface area contributed by atoms with Crippen LogP contribution in [0.25, 0.3) is 0 Å². The second-order valence-electron chi connectivity index (χ2n) is 5.02. The van der Waals surface area contributed by atoms with Crippen molar-refractivity contribution in [2.45, 2.75) is 25.8 Å². The Morgan fingerprint density at radius 2 is 1.86 bits per heavy atom. The molecule has 0 radical (unpaired) electrons. The summed E-state index contributed by atoms with van der Waals surface area (Å²) in [4.78, 5) is 12.2. The van der Waals surface area contributed by atoms with Gasteiger partial charge in [0.25, 0.3) is 5.91 Å². The molecule has 0 fully saturated rings. The highest BCUT2D eigenvalue weighted by Gasteiger charge is 2.12. The predicted molar refractivity (Wildman–Crippen MR) is 98.6 cm³/mol. The monoisotopic (exact) mass is 457 g/mol. The Morgan fingerprint density at radius 3 is 2.52 bits per heavy atom. The molecule has 110 valence electrons. The number of hydrogen-bond acceptors (Lipinski definition) is 1. The Labute approximate surface area is 147 Å².